The minimum atomic E-state index is -0.729. The van der Waals surface area contributed by atoms with Crippen LogP contribution in [0, 0.1) is 0 Å². The molecule has 1 fully saturated rings. The predicted molar refractivity (Wildman–Crippen MR) is 115 cm³/mol. The van der Waals surface area contributed by atoms with Crippen LogP contribution in [0.15, 0.2) is 54.6 Å². The summed E-state index contributed by atoms with van der Waals surface area (Å²) in [6.45, 7) is 0. The van der Waals surface area contributed by atoms with Gasteiger partial charge in [-0.05, 0) is 42.5 Å². The number of rotatable bonds is 8. The van der Waals surface area contributed by atoms with Gasteiger partial charge in [-0.15, -0.1) is 0 Å². The van der Waals surface area contributed by atoms with E-state index in [0.717, 1.165) is 36.8 Å². The molecule has 2 aromatic carbocycles. The van der Waals surface area contributed by atoms with Crippen LogP contribution >= 0.6 is 0 Å². The van der Waals surface area contributed by atoms with Crippen molar-refractivity contribution in [1.82, 2.24) is 5.32 Å². The zero-order valence-electron chi connectivity index (χ0n) is 17.0. The Hall–Kier alpha value is -2.99. The highest BCUT2D eigenvalue weighted by Crippen LogP contribution is 2.21. The first-order valence-corrected chi connectivity index (χ1v) is 10.5. The summed E-state index contributed by atoms with van der Waals surface area (Å²) in [5, 5.41) is 3.26. The number of carbonyl (C=O) groups excluding carboxylic acids is 3. The lowest BCUT2D eigenvalue weighted by molar-refractivity contribution is -0.141. The van der Waals surface area contributed by atoms with E-state index in [1.807, 2.05) is 42.5 Å². The Labute approximate surface area is 176 Å². The average Bonchev–Trinajstić information content (AvgIpc) is 2.77. The summed E-state index contributed by atoms with van der Waals surface area (Å²) in [6, 6.07) is 16.2. The SMILES string of the molecule is NC(=O)CC[C@H](NC1CCCCC1)C(=O)OC(=O)c1ccc(-c2ccccc2)cc1. The summed E-state index contributed by atoms with van der Waals surface area (Å²) >= 11 is 0. The molecule has 0 heterocycles. The van der Waals surface area contributed by atoms with Crippen molar-refractivity contribution in [3.05, 3.63) is 60.2 Å². The number of ether oxygens (including phenoxy) is 1. The zero-order valence-corrected chi connectivity index (χ0v) is 17.0. The third-order valence-corrected chi connectivity index (χ3v) is 5.43. The molecule has 1 aliphatic carbocycles. The summed E-state index contributed by atoms with van der Waals surface area (Å²) < 4.78 is 5.13. The lowest BCUT2D eigenvalue weighted by Crippen LogP contribution is -2.46. The van der Waals surface area contributed by atoms with Crippen molar-refractivity contribution in [3.63, 3.8) is 0 Å². The number of nitrogens with one attached hydrogen (secondary N) is 1. The van der Waals surface area contributed by atoms with Crippen LogP contribution in [0.2, 0.25) is 0 Å². The van der Waals surface area contributed by atoms with Crippen molar-refractivity contribution < 1.29 is 19.1 Å². The fourth-order valence-corrected chi connectivity index (χ4v) is 3.76. The molecule has 1 aliphatic rings. The molecule has 158 valence electrons. The number of hydrogen-bond donors (Lipinski definition) is 2. The van der Waals surface area contributed by atoms with Gasteiger partial charge >= 0.3 is 11.9 Å². The molecular weight excluding hydrogens is 380 g/mol. The molecule has 0 spiro atoms. The monoisotopic (exact) mass is 408 g/mol. The standard InChI is InChI=1S/C24H28N2O4/c25-22(27)16-15-21(26-20-9-5-2-6-10-20)24(29)30-23(28)19-13-11-18(12-14-19)17-7-3-1-4-8-17/h1,3-4,7-8,11-14,20-21,26H,2,5-6,9-10,15-16H2,(H2,25,27)/t21-/m0/s1. The number of primary amides is 1. The van der Waals surface area contributed by atoms with Crippen molar-refractivity contribution in [1.29, 1.82) is 0 Å². The molecule has 1 atom stereocenters. The van der Waals surface area contributed by atoms with Gasteiger partial charge in [-0.2, -0.15) is 0 Å². The maximum absolute atomic E-state index is 12.6. The van der Waals surface area contributed by atoms with E-state index in [9.17, 15) is 14.4 Å². The summed E-state index contributed by atoms with van der Waals surface area (Å²) in [7, 11) is 0. The van der Waals surface area contributed by atoms with Gasteiger partial charge < -0.3 is 15.8 Å². The minimum absolute atomic E-state index is 0.0550. The molecule has 0 saturated heterocycles. The van der Waals surface area contributed by atoms with Crippen LogP contribution in [0.1, 0.15) is 55.3 Å². The van der Waals surface area contributed by atoms with Gasteiger partial charge in [0.05, 0.1) is 5.56 Å². The molecule has 2 aromatic rings. The van der Waals surface area contributed by atoms with E-state index in [0.29, 0.717) is 5.56 Å². The van der Waals surface area contributed by atoms with Crippen molar-refractivity contribution in [2.24, 2.45) is 5.73 Å². The minimum Gasteiger partial charge on any atom is -0.388 e. The Bertz CT molecular complexity index is 859. The van der Waals surface area contributed by atoms with E-state index in [1.54, 1.807) is 12.1 Å². The molecule has 0 unspecified atom stereocenters. The Balaban J connectivity index is 1.63. The van der Waals surface area contributed by atoms with Gasteiger partial charge in [-0.3, -0.25) is 4.79 Å². The zero-order chi connectivity index (χ0) is 21.3. The maximum atomic E-state index is 12.6. The van der Waals surface area contributed by atoms with Gasteiger partial charge in [0.25, 0.3) is 0 Å². The number of carbonyl (C=O) groups is 3. The summed E-state index contributed by atoms with van der Waals surface area (Å²) in [5.74, 6) is -1.85. The molecule has 1 amide bonds. The summed E-state index contributed by atoms with van der Waals surface area (Å²) in [4.78, 5) is 36.3. The van der Waals surface area contributed by atoms with E-state index in [-0.39, 0.29) is 18.9 Å². The molecule has 3 rings (SSSR count). The lowest BCUT2D eigenvalue weighted by atomic mass is 9.94. The molecule has 3 N–H and O–H groups in total. The van der Waals surface area contributed by atoms with Crippen LogP contribution in [0.25, 0.3) is 11.1 Å². The number of hydrogen-bond acceptors (Lipinski definition) is 5. The predicted octanol–water partition coefficient (Wildman–Crippen LogP) is 3.59. The number of esters is 2. The second-order valence-corrected chi connectivity index (χ2v) is 7.71. The summed E-state index contributed by atoms with van der Waals surface area (Å²) in [5.41, 5.74) is 7.55. The van der Waals surface area contributed by atoms with E-state index in [2.05, 4.69) is 5.32 Å². The van der Waals surface area contributed by atoms with Crippen LogP contribution in [0.5, 0.6) is 0 Å². The first kappa shape index (κ1) is 21.7. The molecule has 6 nitrogen and oxygen atoms in total. The molecule has 0 aliphatic heterocycles. The van der Waals surface area contributed by atoms with Crippen LogP contribution in [-0.2, 0) is 14.3 Å². The maximum Gasteiger partial charge on any atom is 0.345 e. The van der Waals surface area contributed by atoms with Gasteiger partial charge in [-0.1, -0.05) is 61.7 Å². The van der Waals surface area contributed by atoms with Crippen molar-refractivity contribution in [3.8, 4) is 11.1 Å². The van der Waals surface area contributed by atoms with Gasteiger partial charge in [-0.25, -0.2) is 9.59 Å². The second kappa shape index (κ2) is 10.7. The van der Waals surface area contributed by atoms with E-state index in [1.165, 1.54) is 6.42 Å². The Morgan fingerprint density at radius 3 is 2.20 bits per heavy atom. The third kappa shape index (κ3) is 6.26. The van der Waals surface area contributed by atoms with Crippen LogP contribution in [0.4, 0.5) is 0 Å². The first-order valence-electron chi connectivity index (χ1n) is 10.5. The van der Waals surface area contributed by atoms with E-state index >= 15 is 0 Å². The molecule has 1 saturated carbocycles. The second-order valence-electron chi connectivity index (χ2n) is 7.71. The molecule has 30 heavy (non-hydrogen) atoms. The smallest absolute Gasteiger partial charge is 0.345 e. The largest absolute Gasteiger partial charge is 0.388 e. The highest BCUT2D eigenvalue weighted by atomic mass is 16.6. The third-order valence-electron chi connectivity index (χ3n) is 5.43. The highest BCUT2D eigenvalue weighted by Gasteiger charge is 2.27. The number of amides is 1. The summed E-state index contributed by atoms with van der Waals surface area (Å²) in [6.07, 6.45) is 5.59. The molecule has 0 radical (unpaired) electrons. The lowest BCUT2D eigenvalue weighted by Gasteiger charge is -2.27. The van der Waals surface area contributed by atoms with Crippen molar-refractivity contribution >= 4 is 17.8 Å². The van der Waals surface area contributed by atoms with Gasteiger partial charge in [0, 0.05) is 12.5 Å². The van der Waals surface area contributed by atoms with Gasteiger partial charge in [0.1, 0.15) is 6.04 Å². The Kier molecular flexibility index (Phi) is 7.74. The normalized spacial score (nSPS) is 15.3. The van der Waals surface area contributed by atoms with E-state index in [4.69, 9.17) is 10.5 Å². The molecule has 0 aromatic heterocycles. The van der Waals surface area contributed by atoms with E-state index < -0.39 is 23.9 Å². The Morgan fingerprint density at radius 1 is 0.933 bits per heavy atom. The average molecular weight is 408 g/mol. The highest BCUT2D eigenvalue weighted by molar-refractivity contribution is 5.98. The number of benzene rings is 2. The van der Waals surface area contributed by atoms with Crippen LogP contribution in [-0.4, -0.2) is 29.9 Å². The molecular formula is C24H28N2O4. The fourth-order valence-electron chi connectivity index (χ4n) is 3.76. The molecule has 6 heteroatoms. The van der Waals surface area contributed by atoms with Crippen LogP contribution in [0.3, 0.4) is 0 Å². The Morgan fingerprint density at radius 2 is 1.57 bits per heavy atom. The first-order chi connectivity index (χ1) is 14.5. The van der Waals surface area contributed by atoms with Gasteiger partial charge in [0.2, 0.25) is 5.91 Å². The van der Waals surface area contributed by atoms with Crippen molar-refractivity contribution in [2.75, 3.05) is 0 Å². The van der Waals surface area contributed by atoms with Crippen molar-refractivity contribution in [2.45, 2.75) is 57.0 Å². The molecule has 0 bridgehead atoms. The quantitative estimate of drug-likeness (QED) is 0.514. The topological polar surface area (TPSA) is 98.5 Å². The fraction of sp³-hybridized carbons (Fsp3) is 0.375. The number of nitrogens with two attached hydrogens (primary N) is 1. The van der Waals surface area contributed by atoms with Crippen LogP contribution < -0.4 is 11.1 Å². The van der Waals surface area contributed by atoms with Gasteiger partial charge in [0.15, 0.2) is 0 Å².